The van der Waals surface area contributed by atoms with Crippen LogP contribution in [0, 0.1) is 0 Å². The molecule has 100 valence electrons. The molecule has 0 bridgehead atoms. The number of esters is 1. The summed E-state index contributed by atoms with van der Waals surface area (Å²) in [7, 11) is 0. The second-order valence-corrected chi connectivity index (χ2v) is 3.48. The first kappa shape index (κ1) is 16.1. The van der Waals surface area contributed by atoms with Gasteiger partial charge in [-0.25, -0.2) is 4.79 Å². The number of hydrogen-bond acceptors (Lipinski definition) is 6. The Morgan fingerprint density at radius 3 is 2.71 bits per heavy atom. The van der Waals surface area contributed by atoms with Gasteiger partial charge in [-0.2, -0.15) is 0 Å². The Morgan fingerprint density at radius 1 is 1.53 bits per heavy atom. The van der Waals surface area contributed by atoms with Gasteiger partial charge in [-0.15, -0.1) is 12.4 Å². The molecule has 1 aliphatic rings. The van der Waals surface area contributed by atoms with Gasteiger partial charge in [0, 0.05) is 19.6 Å². The first-order valence-corrected chi connectivity index (χ1v) is 5.37. The molecule has 0 radical (unpaired) electrons. The average Bonchev–Trinajstić information content (AvgIpc) is 2.72. The summed E-state index contributed by atoms with van der Waals surface area (Å²) in [5, 5.41) is 3.77. The third kappa shape index (κ3) is 3.83. The number of halogens is 1. The quantitative estimate of drug-likeness (QED) is 0.707. The number of oxime groups is 1. The van der Waals surface area contributed by atoms with Crippen molar-refractivity contribution in [1.29, 1.82) is 0 Å². The summed E-state index contributed by atoms with van der Waals surface area (Å²) in [6, 6.07) is 0. The van der Waals surface area contributed by atoms with Crippen LogP contribution < -0.4 is 5.73 Å². The van der Waals surface area contributed by atoms with Crippen molar-refractivity contribution in [2.45, 2.75) is 25.9 Å². The van der Waals surface area contributed by atoms with Crippen LogP contribution in [0.1, 0.15) is 20.3 Å². The normalized spacial score (nSPS) is 22.4. The van der Waals surface area contributed by atoms with Gasteiger partial charge < -0.3 is 20.0 Å². The molecule has 1 heterocycles. The van der Waals surface area contributed by atoms with E-state index in [0.29, 0.717) is 25.3 Å². The number of hydrogen-bond donors (Lipinski definition) is 1. The Bertz CT molecular complexity index is 285. The minimum absolute atomic E-state index is 0. The number of ether oxygens (including phenoxy) is 2. The molecule has 0 aromatic rings. The highest BCUT2D eigenvalue weighted by Crippen LogP contribution is 2.26. The van der Waals surface area contributed by atoms with Gasteiger partial charge in [-0.1, -0.05) is 5.16 Å². The smallest absolute Gasteiger partial charge is 0.356 e. The third-order valence-electron chi connectivity index (χ3n) is 2.26. The number of rotatable bonds is 6. The fourth-order valence-corrected chi connectivity index (χ4v) is 1.43. The SMILES string of the molecule is CCOCC1(C(=O)OCC)CC(CN)=NO1.Cl. The van der Waals surface area contributed by atoms with E-state index in [1.807, 2.05) is 6.92 Å². The molecule has 1 unspecified atom stereocenters. The molecule has 7 heteroatoms. The minimum atomic E-state index is -1.14. The highest BCUT2D eigenvalue weighted by Gasteiger charge is 2.48. The maximum atomic E-state index is 11.8. The molecule has 1 rings (SSSR count). The van der Waals surface area contributed by atoms with Crippen LogP contribution in [0.15, 0.2) is 5.16 Å². The zero-order valence-corrected chi connectivity index (χ0v) is 10.9. The van der Waals surface area contributed by atoms with Gasteiger partial charge in [0.1, 0.15) is 6.61 Å². The summed E-state index contributed by atoms with van der Waals surface area (Å²) in [5.41, 5.74) is 4.96. The van der Waals surface area contributed by atoms with Crippen molar-refractivity contribution < 1.29 is 19.1 Å². The molecule has 0 amide bonds. The van der Waals surface area contributed by atoms with Crippen LogP contribution in [0.2, 0.25) is 0 Å². The molecule has 0 aromatic carbocycles. The summed E-state index contributed by atoms with van der Waals surface area (Å²) >= 11 is 0. The van der Waals surface area contributed by atoms with Crippen LogP contribution in [-0.2, 0) is 19.1 Å². The van der Waals surface area contributed by atoms with E-state index in [0.717, 1.165) is 0 Å². The van der Waals surface area contributed by atoms with Gasteiger partial charge in [0.2, 0.25) is 0 Å². The molecular weight excluding hydrogens is 248 g/mol. The van der Waals surface area contributed by atoms with E-state index in [2.05, 4.69) is 5.16 Å². The van der Waals surface area contributed by atoms with Crippen molar-refractivity contribution in [2.75, 3.05) is 26.4 Å². The number of nitrogens with two attached hydrogens (primary N) is 1. The van der Waals surface area contributed by atoms with Crippen LogP contribution in [-0.4, -0.2) is 43.6 Å². The van der Waals surface area contributed by atoms with Gasteiger partial charge in [0.15, 0.2) is 0 Å². The van der Waals surface area contributed by atoms with Crippen molar-refractivity contribution in [3.63, 3.8) is 0 Å². The topological polar surface area (TPSA) is 83.1 Å². The van der Waals surface area contributed by atoms with Crippen molar-refractivity contribution in [2.24, 2.45) is 10.9 Å². The zero-order chi connectivity index (χ0) is 12.0. The molecule has 1 aliphatic heterocycles. The summed E-state index contributed by atoms with van der Waals surface area (Å²) < 4.78 is 10.2. The minimum Gasteiger partial charge on any atom is -0.463 e. The molecule has 17 heavy (non-hydrogen) atoms. The summed E-state index contributed by atoms with van der Waals surface area (Å²) in [4.78, 5) is 17.0. The molecular formula is C10H19ClN2O4. The summed E-state index contributed by atoms with van der Waals surface area (Å²) in [5.74, 6) is -0.448. The maximum absolute atomic E-state index is 11.8. The lowest BCUT2D eigenvalue weighted by atomic mass is 9.98. The lowest BCUT2D eigenvalue weighted by molar-refractivity contribution is -0.176. The second-order valence-electron chi connectivity index (χ2n) is 3.48. The van der Waals surface area contributed by atoms with Gasteiger partial charge in [-0.3, -0.25) is 0 Å². The molecule has 1 atom stereocenters. The molecule has 0 aromatic heterocycles. The fourth-order valence-electron chi connectivity index (χ4n) is 1.43. The summed E-state index contributed by atoms with van der Waals surface area (Å²) in [6.45, 7) is 4.80. The largest absolute Gasteiger partial charge is 0.463 e. The van der Waals surface area contributed by atoms with Crippen molar-refractivity contribution in [3.8, 4) is 0 Å². The summed E-state index contributed by atoms with van der Waals surface area (Å²) in [6.07, 6.45) is 0.336. The molecule has 0 saturated carbocycles. The van der Waals surface area contributed by atoms with E-state index < -0.39 is 11.6 Å². The number of carbonyl (C=O) groups excluding carboxylic acids is 1. The van der Waals surface area contributed by atoms with E-state index in [9.17, 15) is 4.79 Å². The lowest BCUT2D eigenvalue weighted by Crippen LogP contribution is -2.45. The zero-order valence-electron chi connectivity index (χ0n) is 10.1. The molecule has 6 nitrogen and oxygen atoms in total. The highest BCUT2D eigenvalue weighted by atomic mass is 35.5. The van der Waals surface area contributed by atoms with Gasteiger partial charge in [0.25, 0.3) is 5.60 Å². The van der Waals surface area contributed by atoms with Crippen molar-refractivity contribution in [3.05, 3.63) is 0 Å². The van der Waals surface area contributed by atoms with Crippen LogP contribution in [0.25, 0.3) is 0 Å². The van der Waals surface area contributed by atoms with Crippen LogP contribution in [0.5, 0.6) is 0 Å². The standard InChI is InChI=1S/C10H18N2O4.ClH/c1-3-14-7-10(9(13)15-4-2)5-8(6-11)12-16-10;/h3-7,11H2,1-2H3;1H. The number of nitrogens with zero attached hydrogens (tertiary/aromatic N) is 1. The van der Waals surface area contributed by atoms with Crippen LogP contribution >= 0.6 is 12.4 Å². The first-order valence-electron chi connectivity index (χ1n) is 5.37. The van der Waals surface area contributed by atoms with Gasteiger partial charge in [0.05, 0.1) is 12.3 Å². The Labute approximate surface area is 107 Å². The van der Waals surface area contributed by atoms with E-state index in [-0.39, 0.29) is 25.6 Å². The van der Waals surface area contributed by atoms with Crippen LogP contribution in [0.3, 0.4) is 0 Å². The highest BCUT2D eigenvalue weighted by molar-refractivity contribution is 5.94. The average molecular weight is 267 g/mol. The fraction of sp³-hybridized carbons (Fsp3) is 0.800. The first-order chi connectivity index (χ1) is 7.68. The third-order valence-corrected chi connectivity index (χ3v) is 2.26. The van der Waals surface area contributed by atoms with Crippen molar-refractivity contribution >= 4 is 24.1 Å². The maximum Gasteiger partial charge on any atom is 0.356 e. The molecule has 0 saturated heterocycles. The Morgan fingerprint density at radius 2 is 2.24 bits per heavy atom. The monoisotopic (exact) mass is 266 g/mol. The van der Waals surface area contributed by atoms with E-state index >= 15 is 0 Å². The van der Waals surface area contributed by atoms with Gasteiger partial charge >= 0.3 is 5.97 Å². The van der Waals surface area contributed by atoms with E-state index in [1.165, 1.54) is 0 Å². The van der Waals surface area contributed by atoms with E-state index in [1.54, 1.807) is 6.92 Å². The predicted molar refractivity (Wildman–Crippen MR) is 65.3 cm³/mol. The van der Waals surface area contributed by atoms with E-state index in [4.69, 9.17) is 20.0 Å². The molecule has 0 aliphatic carbocycles. The Hall–Kier alpha value is -0.850. The Balaban J connectivity index is 0.00000256. The van der Waals surface area contributed by atoms with Crippen LogP contribution in [0.4, 0.5) is 0 Å². The number of carbonyl (C=O) groups is 1. The predicted octanol–water partition coefficient (Wildman–Crippen LogP) is 0.482. The van der Waals surface area contributed by atoms with Gasteiger partial charge in [-0.05, 0) is 13.8 Å². The Kier molecular flexibility index (Phi) is 7.10. The molecule has 2 N–H and O–H groups in total. The lowest BCUT2D eigenvalue weighted by Gasteiger charge is -2.23. The molecule has 0 spiro atoms. The van der Waals surface area contributed by atoms with Crippen molar-refractivity contribution in [1.82, 2.24) is 0 Å². The second kappa shape index (κ2) is 7.47. The molecule has 0 fully saturated rings.